The molecule has 0 radical (unpaired) electrons. The summed E-state index contributed by atoms with van der Waals surface area (Å²) >= 11 is 0. The van der Waals surface area contributed by atoms with Crippen molar-refractivity contribution in [2.24, 2.45) is 10.7 Å². The van der Waals surface area contributed by atoms with Crippen molar-refractivity contribution < 1.29 is 51.7 Å². The summed E-state index contributed by atoms with van der Waals surface area (Å²) in [6.07, 6.45) is -4.86. The van der Waals surface area contributed by atoms with Crippen LogP contribution in [0.5, 0.6) is 11.5 Å². The summed E-state index contributed by atoms with van der Waals surface area (Å²) in [6, 6.07) is 20.2. The van der Waals surface area contributed by atoms with Crippen molar-refractivity contribution in [1.82, 2.24) is 10.2 Å². The van der Waals surface area contributed by atoms with Crippen molar-refractivity contribution in [3.8, 4) is 11.5 Å². The molecule has 12 nitrogen and oxygen atoms in total. The highest BCUT2D eigenvalue weighted by Crippen LogP contribution is 2.28. The van der Waals surface area contributed by atoms with E-state index in [-0.39, 0.29) is 44.0 Å². The number of carbonyl (C=O) groups excluding carboxylic acids is 4. The number of carboxylic acids is 1. The van der Waals surface area contributed by atoms with Crippen molar-refractivity contribution >= 4 is 35.3 Å². The van der Waals surface area contributed by atoms with Crippen LogP contribution in [0.4, 0.5) is 13.2 Å². The highest BCUT2D eigenvalue weighted by molar-refractivity contribution is 6.21. The zero-order valence-corrected chi connectivity index (χ0v) is 26.0. The molecule has 0 saturated heterocycles. The molecule has 3 aromatic carbocycles. The van der Waals surface area contributed by atoms with Gasteiger partial charge in [-0.15, -0.1) is 0 Å². The van der Waals surface area contributed by atoms with Gasteiger partial charge in [-0.05, 0) is 35.4 Å². The van der Waals surface area contributed by atoms with Crippen LogP contribution in [0.2, 0.25) is 0 Å². The maximum atomic E-state index is 13.2. The number of hydrogen-bond acceptors (Lipinski definition) is 8. The number of carbonyl (C=O) groups is 5. The van der Waals surface area contributed by atoms with E-state index in [1.807, 2.05) is 30.3 Å². The number of nitrogens with two attached hydrogens (primary N) is 1. The van der Waals surface area contributed by atoms with Gasteiger partial charge in [-0.1, -0.05) is 48.5 Å². The van der Waals surface area contributed by atoms with Crippen molar-refractivity contribution in [2.45, 2.75) is 31.5 Å². The number of alkyl halides is 3. The minimum Gasteiger partial charge on any atom is -0.493 e. The molecule has 4 rings (SSSR count). The highest BCUT2D eigenvalue weighted by atomic mass is 19.4. The molecule has 0 unspecified atom stereocenters. The quantitative estimate of drug-likeness (QED) is 0.140. The number of aliphatic carboxylic acids is 1. The molecule has 254 valence electrons. The molecule has 1 atom stereocenters. The second kappa shape index (κ2) is 16.7. The van der Waals surface area contributed by atoms with Gasteiger partial charge in [0.15, 0.2) is 11.5 Å². The lowest BCUT2D eigenvalue weighted by atomic mass is 10.0. The number of rotatable bonds is 13. The van der Waals surface area contributed by atoms with Crippen LogP contribution in [-0.4, -0.2) is 84.8 Å². The van der Waals surface area contributed by atoms with E-state index < -0.39 is 35.9 Å². The minimum atomic E-state index is -5.08. The molecular weight excluding hydrogens is 637 g/mol. The number of benzene rings is 3. The second-order valence-electron chi connectivity index (χ2n) is 10.3. The number of hydrogen-bond donors (Lipinski definition) is 3. The van der Waals surface area contributed by atoms with E-state index in [9.17, 15) is 32.3 Å². The van der Waals surface area contributed by atoms with Gasteiger partial charge >= 0.3 is 12.1 Å². The number of imide groups is 1. The van der Waals surface area contributed by atoms with Gasteiger partial charge < -0.3 is 25.6 Å². The predicted molar refractivity (Wildman–Crippen MR) is 167 cm³/mol. The van der Waals surface area contributed by atoms with E-state index in [4.69, 9.17) is 25.1 Å². The van der Waals surface area contributed by atoms with Crippen LogP contribution < -0.4 is 20.5 Å². The number of halogens is 3. The molecule has 0 bridgehead atoms. The number of methoxy groups -OCH3 is 2. The summed E-state index contributed by atoms with van der Waals surface area (Å²) in [4.78, 5) is 65.6. The monoisotopic (exact) mass is 670 g/mol. The molecule has 3 amide bonds. The van der Waals surface area contributed by atoms with E-state index in [1.54, 1.807) is 42.5 Å². The number of nitrogens with zero attached hydrogens (tertiary/aromatic N) is 2. The van der Waals surface area contributed by atoms with Gasteiger partial charge in [-0.2, -0.15) is 13.2 Å². The fourth-order valence-corrected chi connectivity index (χ4v) is 4.61. The topological polar surface area (TPSA) is 178 Å². The van der Waals surface area contributed by atoms with Crippen LogP contribution in [0.25, 0.3) is 0 Å². The van der Waals surface area contributed by atoms with Crippen LogP contribution in [0.15, 0.2) is 77.8 Å². The number of Topliss-reactive ketones (excluding diaryl/α,β-unsaturated/α-hetero) is 1. The lowest BCUT2D eigenvalue weighted by Crippen LogP contribution is -2.42. The first-order valence-electron chi connectivity index (χ1n) is 14.4. The fourth-order valence-electron chi connectivity index (χ4n) is 4.61. The van der Waals surface area contributed by atoms with Gasteiger partial charge in [0.1, 0.15) is 17.7 Å². The SMILES string of the molecule is COc1ccc(CC(=O)CC(N)=N[C@H](Cc2ccccc2)C(=O)NCCN2C(=O)c3ccccc3C2=O)cc1OC.O=C(O)C(F)(F)F. The maximum Gasteiger partial charge on any atom is 0.490 e. The van der Waals surface area contributed by atoms with E-state index in [1.165, 1.54) is 14.2 Å². The first-order chi connectivity index (χ1) is 22.7. The molecule has 1 aliphatic heterocycles. The second-order valence-corrected chi connectivity index (χ2v) is 10.3. The molecule has 0 aliphatic carbocycles. The van der Waals surface area contributed by atoms with Crippen molar-refractivity contribution in [3.63, 3.8) is 0 Å². The fraction of sp³-hybridized carbons (Fsp3) is 0.273. The maximum absolute atomic E-state index is 13.2. The van der Waals surface area contributed by atoms with Gasteiger partial charge in [0.25, 0.3) is 11.8 Å². The average Bonchev–Trinajstić information content (AvgIpc) is 3.29. The van der Waals surface area contributed by atoms with Gasteiger partial charge in [0.2, 0.25) is 5.91 Å². The third-order valence-electron chi connectivity index (χ3n) is 6.88. The smallest absolute Gasteiger partial charge is 0.490 e. The van der Waals surface area contributed by atoms with E-state index in [2.05, 4.69) is 10.3 Å². The Balaban J connectivity index is 0.000000804. The number of ketones is 1. The van der Waals surface area contributed by atoms with Crippen LogP contribution >= 0.6 is 0 Å². The number of nitrogens with one attached hydrogen (secondary N) is 1. The number of carboxylic acid groups (broad SMARTS) is 1. The van der Waals surface area contributed by atoms with E-state index in [0.29, 0.717) is 22.6 Å². The first kappa shape index (κ1) is 36.7. The van der Waals surface area contributed by atoms with Gasteiger partial charge in [-0.25, -0.2) is 4.79 Å². The van der Waals surface area contributed by atoms with Crippen molar-refractivity contribution in [1.29, 1.82) is 0 Å². The first-order valence-corrected chi connectivity index (χ1v) is 14.4. The van der Waals surface area contributed by atoms with Crippen molar-refractivity contribution in [2.75, 3.05) is 27.3 Å². The normalized spacial score (nSPS) is 13.2. The summed E-state index contributed by atoms with van der Waals surface area (Å²) in [5, 5.41) is 9.89. The molecule has 4 N–H and O–H groups in total. The Kier molecular flexibility index (Phi) is 12.8. The summed E-state index contributed by atoms with van der Waals surface area (Å²) < 4.78 is 42.3. The molecule has 0 spiro atoms. The largest absolute Gasteiger partial charge is 0.493 e. The third-order valence-corrected chi connectivity index (χ3v) is 6.88. The average molecular weight is 671 g/mol. The Bertz CT molecular complexity index is 1640. The predicted octanol–water partition coefficient (Wildman–Crippen LogP) is 3.22. The molecule has 1 heterocycles. The molecule has 15 heteroatoms. The lowest BCUT2D eigenvalue weighted by molar-refractivity contribution is -0.192. The Morgan fingerprint density at radius 2 is 1.46 bits per heavy atom. The Morgan fingerprint density at radius 3 is 2.00 bits per heavy atom. The van der Waals surface area contributed by atoms with Crippen LogP contribution in [0.1, 0.15) is 38.3 Å². The molecule has 48 heavy (non-hydrogen) atoms. The zero-order valence-electron chi connectivity index (χ0n) is 26.0. The molecule has 0 fully saturated rings. The Labute approximate surface area is 273 Å². The lowest BCUT2D eigenvalue weighted by Gasteiger charge is -2.17. The number of fused-ring (bicyclic) bond motifs is 1. The molecule has 3 aromatic rings. The van der Waals surface area contributed by atoms with Crippen LogP contribution in [-0.2, 0) is 27.2 Å². The summed E-state index contributed by atoms with van der Waals surface area (Å²) in [5.41, 5.74) is 8.43. The standard InChI is InChI=1S/C31H32N4O6.C2HF3O2/c1-40-26-13-12-21(18-27(26)41-2)16-22(36)19-28(32)34-25(17-20-8-4-3-5-9-20)29(37)33-14-15-35-30(38)23-10-6-7-11-24(23)31(35)39;3-2(4,5)1(6)7/h3-13,18,25H,14-17,19H2,1-2H3,(H2,32,34)(H,33,37);(H,6,7)/t25-;/m1./s1. The van der Waals surface area contributed by atoms with Gasteiger partial charge in [0, 0.05) is 25.9 Å². The molecule has 0 saturated carbocycles. The Morgan fingerprint density at radius 1 is 0.896 bits per heavy atom. The summed E-state index contributed by atoms with van der Waals surface area (Å²) in [6.45, 7) is 0.0579. The highest BCUT2D eigenvalue weighted by Gasteiger charge is 2.38. The third kappa shape index (κ3) is 10.1. The van der Waals surface area contributed by atoms with Crippen LogP contribution in [0.3, 0.4) is 0 Å². The molecular formula is C33H33F3N4O8. The van der Waals surface area contributed by atoms with E-state index >= 15 is 0 Å². The number of ether oxygens (including phenoxy) is 2. The summed E-state index contributed by atoms with van der Waals surface area (Å²) in [7, 11) is 3.05. The van der Waals surface area contributed by atoms with Crippen LogP contribution in [0, 0.1) is 0 Å². The number of amides is 3. The van der Waals surface area contributed by atoms with Gasteiger partial charge in [-0.3, -0.25) is 29.1 Å². The zero-order chi connectivity index (χ0) is 35.4. The number of aliphatic imine (C=N–C) groups is 1. The summed E-state index contributed by atoms with van der Waals surface area (Å²) in [5.74, 6) is -3.04. The van der Waals surface area contributed by atoms with Gasteiger partial charge in [0.05, 0.1) is 31.8 Å². The van der Waals surface area contributed by atoms with E-state index in [0.717, 1.165) is 16.0 Å². The molecule has 0 aromatic heterocycles. The van der Waals surface area contributed by atoms with Crippen molar-refractivity contribution in [3.05, 3.63) is 95.1 Å². The molecule has 1 aliphatic rings. The Hall–Kier alpha value is -5.73. The number of amidine groups is 1. The minimum absolute atomic E-state index is 0.0130.